The number of carbonyl (C=O) groups excluding carboxylic acids is 2. The Balaban J connectivity index is -0.000000482. The van der Waals surface area contributed by atoms with E-state index in [1.54, 1.807) is 6.29 Å². The van der Waals surface area contributed by atoms with Crippen molar-refractivity contribution in [3.8, 4) is 0 Å². The molecule has 0 aliphatic heterocycles. The van der Waals surface area contributed by atoms with Crippen LogP contribution in [0, 0.1) is 20.8 Å². The molecule has 122 valence electrons. The van der Waals surface area contributed by atoms with Crippen molar-refractivity contribution in [3.63, 3.8) is 0 Å². The van der Waals surface area contributed by atoms with Crippen LogP contribution in [0.5, 0.6) is 0 Å². The van der Waals surface area contributed by atoms with Crippen molar-refractivity contribution in [2.24, 2.45) is 5.92 Å². The molecule has 0 aromatic carbocycles. The summed E-state index contributed by atoms with van der Waals surface area (Å²) in [5.41, 5.74) is 0. The topological polar surface area (TPSA) is 73.9 Å². The summed E-state index contributed by atoms with van der Waals surface area (Å²) in [4.78, 5) is 21.0. The summed E-state index contributed by atoms with van der Waals surface area (Å²) in [6.07, 6.45) is 1.62. The van der Waals surface area contributed by atoms with Crippen molar-refractivity contribution < 1.29 is 75.2 Å². The number of hydrogen-bond acceptors (Lipinski definition) is 5. The van der Waals surface area contributed by atoms with Crippen LogP contribution in [0.2, 0.25) is 0 Å². The van der Waals surface area contributed by atoms with Crippen molar-refractivity contribution in [2.75, 3.05) is 46.2 Å². The van der Waals surface area contributed by atoms with Gasteiger partial charge in [0.05, 0.1) is 33.0 Å². The van der Waals surface area contributed by atoms with Gasteiger partial charge in [-0.25, -0.2) is 6.29 Å². The first-order valence-electron chi connectivity index (χ1n) is 6.04. The fraction of sp³-hybridized carbons (Fsp3) is 0.714. The molecule has 0 radical (unpaired) electrons. The summed E-state index contributed by atoms with van der Waals surface area (Å²) in [5, 5.41) is 2.75. The number of rotatable bonds is 12. The average molecular weight is 329 g/mol. The molecule has 0 aromatic rings. The van der Waals surface area contributed by atoms with Crippen molar-refractivity contribution in [2.45, 2.75) is 13.8 Å². The van der Waals surface area contributed by atoms with Crippen LogP contribution in [0.4, 0.5) is 0 Å². The summed E-state index contributed by atoms with van der Waals surface area (Å²) < 4.78 is 15.3. The minimum atomic E-state index is -0.0184. The SMILES string of the molecule is CC(C)C(=O)NCCOCCOCCOC[C-]=O.[CH3-].[CH3-].[K+]. The molecule has 0 atom stereocenters. The molecule has 0 unspecified atom stereocenters. The fourth-order valence-corrected chi connectivity index (χ4v) is 1.00. The minimum Gasteiger partial charge on any atom is -0.540 e. The Labute approximate surface area is 172 Å². The van der Waals surface area contributed by atoms with Gasteiger partial charge in [0.15, 0.2) is 0 Å². The maximum Gasteiger partial charge on any atom is 1.00 e. The van der Waals surface area contributed by atoms with E-state index in [2.05, 4.69) is 5.32 Å². The first-order chi connectivity index (χ1) is 8.68. The molecule has 0 spiro atoms. The van der Waals surface area contributed by atoms with Gasteiger partial charge in [0.1, 0.15) is 0 Å². The second-order valence-corrected chi connectivity index (χ2v) is 3.87. The Bertz CT molecular complexity index is 227. The summed E-state index contributed by atoms with van der Waals surface area (Å²) in [5.74, 6) is 0.0240. The third-order valence-electron chi connectivity index (χ3n) is 1.98. The molecule has 0 saturated heterocycles. The number of hydrogen-bond donors (Lipinski definition) is 1. The van der Waals surface area contributed by atoms with E-state index in [9.17, 15) is 9.59 Å². The zero-order valence-electron chi connectivity index (χ0n) is 14.1. The smallest absolute Gasteiger partial charge is 0.540 e. The van der Waals surface area contributed by atoms with E-state index in [-0.39, 0.29) is 84.7 Å². The zero-order valence-corrected chi connectivity index (χ0v) is 17.2. The summed E-state index contributed by atoms with van der Waals surface area (Å²) in [6.45, 7) is 6.38. The Morgan fingerprint density at radius 2 is 1.48 bits per heavy atom. The summed E-state index contributed by atoms with van der Waals surface area (Å²) in [7, 11) is 0. The average Bonchev–Trinajstić information content (AvgIpc) is 2.35. The molecule has 6 nitrogen and oxygen atoms in total. The number of carbonyl (C=O) groups is 1. The maximum absolute atomic E-state index is 11.2. The van der Waals surface area contributed by atoms with E-state index in [1.807, 2.05) is 13.8 Å². The van der Waals surface area contributed by atoms with Crippen molar-refractivity contribution in [3.05, 3.63) is 14.9 Å². The third-order valence-corrected chi connectivity index (χ3v) is 1.98. The van der Waals surface area contributed by atoms with Crippen LogP contribution >= 0.6 is 0 Å². The van der Waals surface area contributed by atoms with Crippen molar-refractivity contribution in [1.82, 2.24) is 5.32 Å². The molecule has 0 heterocycles. The van der Waals surface area contributed by atoms with Crippen LogP contribution in [0.3, 0.4) is 0 Å². The Morgan fingerprint density at radius 1 is 1.00 bits per heavy atom. The van der Waals surface area contributed by atoms with Gasteiger partial charge in [0, 0.05) is 12.5 Å². The molecular weight excluding hydrogens is 301 g/mol. The standard InChI is InChI=1S/C12H22NO5.2CH3.K/c1-11(2)12(15)13-3-5-16-7-9-18-10-8-17-6-4-14;;;/h11H,3,5-10H2,1-2H3,(H,13,15);2*1H3;/q3*-1;+1. The molecular formula is C14H28KNO5-2. The van der Waals surface area contributed by atoms with E-state index in [4.69, 9.17) is 14.2 Å². The van der Waals surface area contributed by atoms with Gasteiger partial charge >= 0.3 is 51.4 Å². The second-order valence-electron chi connectivity index (χ2n) is 3.87. The van der Waals surface area contributed by atoms with Gasteiger partial charge in [0.2, 0.25) is 5.91 Å². The minimum absolute atomic E-state index is 0. The maximum atomic E-state index is 11.2. The molecule has 0 saturated carbocycles. The molecule has 0 aliphatic rings. The summed E-state index contributed by atoms with van der Waals surface area (Å²) in [6, 6.07) is 0. The van der Waals surface area contributed by atoms with Crippen LogP contribution in [0.1, 0.15) is 13.8 Å². The molecule has 7 heteroatoms. The molecule has 21 heavy (non-hydrogen) atoms. The fourth-order valence-electron chi connectivity index (χ4n) is 1.00. The van der Waals surface area contributed by atoms with Crippen molar-refractivity contribution >= 4 is 12.2 Å². The van der Waals surface area contributed by atoms with E-state index in [1.165, 1.54) is 0 Å². The van der Waals surface area contributed by atoms with Crippen LogP contribution in [0.15, 0.2) is 0 Å². The predicted octanol–water partition coefficient (Wildman–Crippen LogP) is -2.18. The van der Waals surface area contributed by atoms with Crippen molar-refractivity contribution in [1.29, 1.82) is 0 Å². The van der Waals surface area contributed by atoms with E-state index < -0.39 is 0 Å². The number of nitrogens with one attached hydrogen (secondary N) is 1. The molecule has 0 bridgehead atoms. The monoisotopic (exact) mass is 329 g/mol. The normalized spacial score (nSPS) is 9.10. The molecule has 1 amide bonds. The van der Waals surface area contributed by atoms with E-state index in [0.717, 1.165) is 0 Å². The predicted molar refractivity (Wildman–Crippen MR) is 78.8 cm³/mol. The van der Waals surface area contributed by atoms with Gasteiger partial charge in [-0.2, -0.15) is 0 Å². The third kappa shape index (κ3) is 23.1. The molecule has 1 N–H and O–H groups in total. The van der Waals surface area contributed by atoms with E-state index >= 15 is 0 Å². The Morgan fingerprint density at radius 3 is 1.95 bits per heavy atom. The largest absolute Gasteiger partial charge is 1.00 e. The molecule has 0 rings (SSSR count). The summed E-state index contributed by atoms with van der Waals surface area (Å²) >= 11 is 0. The molecule has 0 aliphatic carbocycles. The quantitative estimate of drug-likeness (QED) is 0.250. The van der Waals surface area contributed by atoms with Crippen LogP contribution in [0.25, 0.3) is 0 Å². The Hall–Kier alpha value is 0.656. The number of ether oxygens (including phenoxy) is 3. The van der Waals surface area contributed by atoms with Crippen LogP contribution in [-0.2, 0) is 23.8 Å². The van der Waals surface area contributed by atoms with Crippen LogP contribution in [-0.4, -0.2) is 58.4 Å². The first kappa shape index (κ1) is 29.6. The van der Waals surface area contributed by atoms with Gasteiger partial charge in [-0.1, -0.05) is 13.8 Å². The first-order valence-corrected chi connectivity index (χ1v) is 6.04. The molecule has 0 aromatic heterocycles. The van der Waals surface area contributed by atoms with Crippen LogP contribution < -0.4 is 56.7 Å². The van der Waals surface area contributed by atoms with Gasteiger partial charge in [-0.15, -0.1) is 0 Å². The van der Waals surface area contributed by atoms with Gasteiger partial charge in [0.25, 0.3) is 0 Å². The molecule has 0 fully saturated rings. The Kier molecular flexibility index (Phi) is 32.4. The van der Waals surface area contributed by atoms with E-state index in [0.29, 0.717) is 39.6 Å². The zero-order chi connectivity index (χ0) is 13.6. The number of amides is 1. The van der Waals surface area contributed by atoms with Gasteiger partial charge < -0.3 is 39.2 Å². The van der Waals surface area contributed by atoms with Gasteiger partial charge in [-0.05, 0) is 6.61 Å². The second kappa shape index (κ2) is 22.9. The van der Waals surface area contributed by atoms with Gasteiger partial charge in [-0.3, -0.25) is 4.79 Å².